The summed E-state index contributed by atoms with van der Waals surface area (Å²) >= 11 is 0. The number of carbonyl (C=O) groups is 1. The molecular formula is C16H16O4. The lowest BCUT2D eigenvalue weighted by atomic mass is 10.0. The molecule has 0 saturated carbocycles. The maximum Gasteiger partial charge on any atom is 0.196 e. The fourth-order valence-corrected chi connectivity index (χ4v) is 1.80. The minimum Gasteiger partial charge on any atom is -0.507 e. The minimum atomic E-state index is -0.208. The molecule has 0 aromatic heterocycles. The van der Waals surface area contributed by atoms with Gasteiger partial charge in [0.1, 0.15) is 12.4 Å². The highest BCUT2D eigenvalue weighted by atomic mass is 17.2. The molecule has 2 aromatic rings. The van der Waals surface area contributed by atoms with Crippen LogP contribution in [0.5, 0.6) is 5.75 Å². The summed E-state index contributed by atoms with van der Waals surface area (Å²) in [6.45, 7) is 2.50. The van der Waals surface area contributed by atoms with Crippen LogP contribution in [-0.4, -0.2) is 17.5 Å². The fourth-order valence-electron chi connectivity index (χ4n) is 1.80. The van der Waals surface area contributed by atoms with Crippen molar-refractivity contribution in [3.63, 3.8) is 0 Å². The summed E-state index contributed by atoms with van der Waals surface area (Å²) in [6.07, 6.45) is 0. The smallest absolute Gasteiger partial charge is 0.196 e. The van der Waals surface area contributed by atoms with Crippen LogP contribution in [0.3, 0.4) is 0 Å². The molecule has 0 atom stereocenters. The number of carbonyl (C=O) groups excluding carboxylic acids is 1. The number of ketones is 1. The van der Waals surface area contributed by atoms with Crippen molar-refractivity contribution < 1.29 is 19.7 Å². The van der Waals surface area contributed by atoms with Gasteiger partial charge in [0, 0.05) is 5.56 Å². The van der Waals surface area contributed by atoms with E-state index < -0.39 is 0 Å². The number of hydrogen-bond acceptors (Lipinski definition) is 4. The third-order valence-corrected chi connectivity index (χ3v) is 2.77. The first-order valence-corrected chi connectivity index (χ1v) is 6.38. The van der Waals surface area contributed by atoms with E-state index in [1.807, 2.05) is 13.0 Å². The van der Waals surface area contributed by atoms with Gasteiger partial charge in [0.15, 0.2) is 5.78 Å². The normalized spacial score (nSPS) is 10.4. The molecule has 4 heteroatoms. The lowest BCUT2D eigenvalue weighted by molar-refractivity contribution is -0.300. The first kappa shape index (κ1) is 14.2. The molecular weight excluding hydrogens is 256 g/mol. The molecule has 0 bridgehead atoms. The Morgan fingerprint density at radius 2 is 1.85 bits per heavy atom. The third kappa shape index (κ3) is 3.44. The molecule has 4 nitrogen and oxygen atoms in total. The van der Waals surface area contributed by atoms with Crippen molar-refractivity contribution in [2.24, 2.45) is 0 Å². The Labute approximate surface area is 117 Å². The Bertz CT molecular complexity index is 578. The van der Waals surface area contributed by atoms with Gasteiger partial charge in [-0.1, -0.05) is 36.4 Å². The summed E-state index contributed by atoms with van der Waals surface area (Å²) in [5.41, 5.74) is 1.55. The topological polar surface area (TPSA) is 55.8 Å². The standard InChI is InChI=1S/C16H16O4/c1-2-19-20-11-12-8-9-14(15(17)10-12)16(18)13-6-4-3-5-7-13/h3-10,17H,2,11H2,1H3. The van der Waals surface area contributed by atoms with Crippen molar-refractivity contribution in [2.45, 2.75) is 13.5 Å². The monoisotopic (exact) mass is 272 g/mol. The third-order valence-electron chi connectivity index (χ3n) is 2.77. The predicted molar refractivity (Wildman–Crippen MR) is 74.4 cm³/mol. The second-order valence-electron chi connectivity index (χ2n) is 4.22. The van der Waals surface area contributed by atoms with Gasteiger partial charge in [0.05, 0.1) is 12.2 Å². The molecule has 0 aliphatic carbocycles. The molecule has 0 spiro atoms. The molecule has 2 rings (SSSR count). The quantitative estimate of drug-likeness (QED) is 0.380. The van der Waals surface area contributed by atoms with E-state index in [0.717, 1.165) is 5.56 Å². The number of aromatic hydroxyl groups is 1. The number of hydrogen-bond donors (Lipinski definition) is 1. The lowest BCUT2D eigenvalue weighted by Gasteiger charge is -2.07. The summed E-state index contributed by atoms with van der Waals surface area (Å²) < 4.78 is 0. The van der Waals surface area contributed by atoms with Crippen molar-refractivity contribution in [2.75, 3.05) is 6.61 Å². The number of phenolic OH excluding ortho intramolecular Hbond substituents is 1. The molecule has 0 radical (unpaired) electrons. The van der Waals surface area contributed by atoms with E-state index in [4.69, 9.17) is 9.78 Å². The van der Waals surface area contributed by atoms with Crippen molar-refractivity contribution in [1.82, 2.24) is 0 Å². The van der Waals surface area contributed by atoms with Crippen LogP contribution in [0, 0.1) is 0 Å². The maximum atomic E-state index is 12.2. The molecule has 104 valence electrons. The van der Waals surface area contributed by atoms with E-state index in [2.05, 4.69) is 0 Å². The van der Waals surface area contributed by atoms with E-state index in [1.54, 1.807) is 36.4 Å². The molecule has 0 aliphatic heterocycles. The van der Waals surface area contributed by atoms with Crippen LogP contribution in [0.4, 0.5) is 0 Å². The largest absolute Gasteiger partial charge is 0.507 e. The molecule has 2 aromatic carbocycles. The van der Waals surface area contributed by atoms with Gasteiger partial charge in [-0.3, -0.25) is 4.79 Å². The molecule has 0 unspecified atom stereocenters. The minimum absolute atomic E-state index is 0.0588. The summed E-state index contributed by atoms with van der Waals surface area (Å²) in [7, 11) is 0. The van der Waals surface area contributed by atoms with Crippen LogP contribution >= 0.6 is 0 Å². The zero-order valence-corrected chi connectivity index (χ0v) is 11.2. The Balaban J connectivity index is 2.15. The molecule has 0 fully saturated rings. The van der Waals surface area contributed by atoms with Crippen LogP contribution in [0.1, 0.15) is 28.4 Å². The van der Waals surface area contributed by atoms with E-state index in [1.165, 1.54) is 6.07 Å². The lowest BCUT2D eigenvalue weighted by Crippen LogP contribution is -2.02. The van der Waals surface area contributed by atoms with Crippen molar-refractivity contribution in [3.8, 4) is 5.75 Å². The van der Waals surface area contributed by atoms with Gasteiger partial charge in [-0.05, 0) is 24.6 Å². The van der Waals surface area contributed by atoms with Crippen molar-refractivity contribution >= 4 is 5.78 Å². The SMILES string of the molecule is CCOOCc1ccc(C(=O)c2ccccc2)c(O)c1. The second-order valence-corrected chi connectivity index (χ2v) is 4.22. The molecule has 1 N–H and O–H groups in total. The average Bonchev–Trinajstić information content (AvgIpc) is 2.48. The average molecular weight is 272 g/mol. The van der Waals surface area contributed by atoms with Crippen molar-refractivity contribution in [3.05, 3.63) is 65.2 Å². The zero-order valence-electron chi connectivity index (χ0n) is 11.2. The number of benzene rings is 2. The van der Waals surface area contributed by atoms with Crippen LogP contribution in [-0.2, 0) is 16.4 Å². The summed E-state index contributed by atoms with van der Waals surface area (Å²) in [6, 6.07) is 13.7. The molecule has 0 amide bonds. The number of rotatable bonds is 6. The second kappa shape index (κ2) is 6.84. The Morgan fingerprint density at radius 3 is 2.50 bits per heavy atom. The molecule has 20 heavy (non-hydrogen) atoms. The van der Waals surface area contributed by atoms with Gasteiger partial charge in [-0.25, -0.2) is 9.78 Å². The first-order chi connectivity index (χ1) is 9.72. The summed E-state index contributed by atoms with van der Waals surface area (Å²) in [5, 5.41) is 9.96. The van der Waals surface area contributed by atoms with Crippen LogP contribution in [0.15, 0.2) is 48.5 Å². The highest BCUT2D eigenvalue weighted by Gasteiger charge is 2.13. The Hall–Kier alpha value is -2.17. The first-order valence-electron chi connectivity index (χ1n) is 6.38. The highest BCUT2D eigenvalue weighted by Crippen LogP contribution is 2.22. The summed E-state index contributed by atoms with van der Waals surface area (Å²) in [4.78, 5) is 21.9. The van der Waals surface area contributed by atoms with Crippen LogP contribution in [0.2, 0.25) is 0 Å². The van der Waals surface area contributed by atoms with E-state index in [9.17, 15) is 9.90 Å². The van der Waals surface area contributed by atoms with E-state index in [-0.39, 0.29) is 23.7 Å². The molecule has 0 heterocycles. The maximum absolute atomic E-state index is 12.2. The van der Waals surface area contributed by atoms with Gasteiger partial charge in [-0.2, -0.15) is 0 Å². The van der Waals surface area contributed by atoms with Gasteiger partial charge < -0.3 is 5.11 Å². The van der Waals surface area contributed by atoms with E-state index >= 15 is 0 Å². The number of phenols is 1. The Morgan fingerprint density at radius 1 is 1.10 bits per heavy atom. The van der Waals surface area contributed by atoms with Gasteiger partial charge in [0.2, 0.25) is 0 Å². The fraction of sp³-hybridized carbons (Fsp3) is 0.188. The van der Waals surface area contributed by atoms with Gasteiger partial charge >= 0.3 is 0 Å². The predicted octanol–water partition coefficient (Wildman–Crippen LogP) is 3.09. The zero-order chi connectivity index (χ0) is 14.4. The molecule has 0 saturated heterocycles. The summed E-state index contributed by atoms with van der Waals surface area (Å²) in [5.74, 6) is -0.267. The van der Waals surface area contributed by atoms with E-state index in [0.29, 0.717) is 12.2 Å². The molecule has 0 aliphatic rings. The van der Waals surface area contributed by atoms with Gasteiger partial charge in [0.25, 0.3) is 0 Å². The van der Waals surface area contributed by atoms with Gasteiger partial charge in [-0.15, -0.1) is 0 Å². The van der Waals surface area contributed by atoms with Crippen LogP contribution < -0.4 is 0 Å². The van der Waals surface area contributed by atoms with Crippen molar-refractivity contribution in [1.29, 1.82) is 0 Å². The highest BCUT2D eigenvalue weighted by molar-refractivity contribution is 6.10. The Kier molecular flexibility index (Phi) is 4.87. The van der Waals surface area contributed by atoms with Crippen LogP contribution in [0.25, 0.3) is 0 Å².